The number of nitrogens with one attached hydrogen (secondary N) is 1. The molecule has 2 aromatic rings. The van der Waals surface area contributed by atoms with Crippen molar-refractivity contribution in [1.82, 2.24) is 10.2 Å². The monoisotopic (exact) mass is 413 g/mol. The molecule has 0 aromatic heterocycles. The maximum Gasteiger partial charge on any atom is 0.318 e. The molecule has 7 nitrogen and oxygen atoms in total. The first kappa shape index (κ1) is 20.0. The SMILES string of the molecule is CC(C)NC(=O)N(Cc1ccccc1F)CC1CC(c2ccc3c(c2)OCO3)=NO1. The van der Waals surface area contributed by atoms with Crippen LogP contribution in [0.1, 0.15) is 31.4 Å². The van der Waals surface area contributed by atoms with Crippen LogP contribution in [-0.2, 0) is 11.4 Å². The van der Waals surface area contributed by atoms with Crippen molar-refractivity contribution in [2.75, 3.05) is 13.3 Å². The van der Waals surface area contributed by atoms with Gasteiger partial charge in [0.1, 0.15) is 5.82 Å². The number of hydrogen-bond donors (Lipinski definition) is 1. The summed E-state index contributed by atoms with van der Waals surface area (Å²) in [4.78, 5) is 19.9. The second-order valence-corrected chi connectivity index (χ2v) is 7.61. The summed E-state index contributed by atoms with van der Waals surface area (Å²) in [7, 11) is 0. The molecule has 0 radical (unpaired) electrons. The van der Waals surface area contributed by atoms with Crippen LogP contribution in [0.15, 0.2) is 47.6 Å². The van der Waals surface area contributed by atoms with E-state index < -0.39 is 0 Å². The van der Waals surface area contributed by atoms with Gasteiger partial charge in [0.25, 0.3) is 0 Å². The Morgan fingerprint density at radius 2 is 2.03 bits per heavy atom. The van der Waals surface area contributed by atoms with Crippen LogP contribution < -0.4 is 14.8 Å². The second-order valence-electron chi connectivity index (χ2n) is 7.61. The lowest BCUT2D eigenvalue weighted by atomic mass is 10.0. The van der Waals surface area contributed by atoms with Gasteiger partial charge in [-0.05, 0) is 38.1 Å². The molecule has 8 heteroatoms. The number of nitrogens with zero attached hydrogens (tertiary/aromatic N) is 2. The van der Waals surface area contributed by atoms with Gasteiger partial charge in [-0.3, -0.25) is 0 Å². The van der Waals surface area contributed by atoms with E-state index in [1.54, 1.807) is 23.1 Å². The summed E-state index contributed by atoms with van der Waals surface area (Å²) in [6, 6.07) is 11.8. The van der Waals surface area contributed by atoms with Crippen molar-refractivity contribution in [3.8, 4) is 11.5 Å². The van der Waals surface area contributed by atoms with Gasteiger partial charge in [-0.15, -0.1) is 0 Å². The van der Waals surface area contributed by atoms with E-state index >= 15 is 0 Å². The highest BCUT2D eigenvalue weighted by Gasteiger charge is 2.28. The zero-order chi connectivity index (χ0) is 21.1. The Hall–Kier alpha value is -3.29. The molecule has 1 N–H and O–H groups in total. The van der Waals surface area contributed by atoms with Crippen molar-refractivity contribution in [2.24, 2.45) is 5.16 Å². The minimum Gasteiger partial charge on any atom is -0.454 e. The number of oxime groups is 1. The molecule has 2 aromatic carbocycles. The molecular formula is C22H24FN3O4. The lowest BCUT2D eigenvalue weighted by Gasteiger charge is -2.26. The molecular weight excluding hydrogens is 389 g/mol. The number of urea groups is 1. The molecule has 2 aliphatic rings. The highest BCUT2D eigenvalue weighted by atomic mass is 19.1. The van der Waals surface area contributed by atoms with Crippen LogP contribution >= 0.6 is 0 Å². The van der Waals surface area contributed by atoms with Crippen molar-refractivity contribution in [3.05, 3.63) is 59.4 Å². The molecule has 0 bridgehead atoms. The smallest absolute Gasteiger partial charge is 0.318 e. The highest BCUT2D eigenvalue weighted by Crippen LogP contribution is 2.33. The molecule has 2 heterocycles. The lowest BCUT2D eigenvalue weighted by Crippen LogP contribution is -2.45. The summed E-state index contributed by atoms with van der Waals surface area (Å²) in [6.45, 7) is 4.40. The third kappa shape index (κ3) is 4.48. The van der Waals surface area contributed by atoms with E-state index in [-0.39, 0.29) is 43.9 Å². The van der Waals surface area contributed by atoms with Crippen LogP contribution in [0.5, 0.6) is 11.5 Å². The Kier molecular flexibility index (Phi) is 5.74. The summed E-state index contributed by atoms with van der Waals surface area (Å²) in [5.41, 5.74) is 2.11. The fourth-order valence-electron chi connectivity index (χ4n) is 3.41. The number of carbonyl (C=O) groups is 1. The number of benzene rings is 2. The van der Waals surface area contributed by atoms with Crippen LogP contribution in [0.4, 0.5) is 9.18 Å². The van der Waals surface area contributed by atoms with Gasteiger partial charge in [0, 0.05) is 23.6 Å². The van der Waals surface area contributed by atoms with Crippen molar-refractivity contribution in [2.45, 2.75) is 39.0 Å². The van der Waals surface area contributed by atoms with E-state index in [1.807, 2.05) is 32.0 Å². The molecule has 2 aliphatic heterocycles. The first-order valence-corrected chi connectivity index (χ1v) is 9.91. The van der Waals surface area contributed by atoms with Gasteiger partial charge in [-0.2, -0.15) is 0 Å². The Morgan fingerprint density at radius 1 is 1.23 bits per heavy atom. The first-order valence-electron chi connectivity index (χ1n) is 9.91. The van der Waals surface area contributed by atoms with Crippen molar-refractivity contribution in [1.29, 1.82) is 0 Å². The molecule has 1 atom stereocenters. The van der Waals surface area contributed by atoms with Crippen molar-refractivity contribution >= 4 is 11.7 Å². The Morgan fingerprint density at radius 3 is 2.83 bits per heavy atom. The Bertz CT molecular complexity index is 963. The zero-order valence-electron chi connectivity index (χ0n) is 16.9. The van der Waals surface area contributed by atoms with Gasteiger partial charge < -0.3 is 24.5 Å². The molecule has 0 saturated carbocycles. The Labute approximate surface area is 174 Å². The number of hydrogen-bond acceptors (Lipinski definition) is 5. The van der Waals surface area contributed by atoms with E-state index in [0.29, 0.717) is 23.5 Å². The molecule has 0 aliphatic carbocycles. The van der Waals surface area contributed by atoms with E-state index in [0.717, 1.165) is 11.3 Å². The lowest BCUT2D eigenvalue weighted by molar-refractivity contribution is 0.0584. The second kappa shape index (κ2) is 8.61. The molecule has 0 fully saturated rings. The van der Waals surface area contributed by atoms with Crippen LogP contribution in [0.3, 0.4) is 0 Å². The van der Waals surface area contributed by atoms with Gasteiger partial charge in [-0.25, -0.2) is 9.18 Å². The third-order valence-electron chi connectivity index (χ3n) is 4.88. The number of halogens is 1. The minimum atomic E-state index is -0.343. The third-order valence-corrected chi connectivity index (χ3v) is 4.88. The van der Waals surface area contributed by atoms with Crippen LogP contribution in [-0.4, -0.2) is 42.1 Å². The van der Waals surface area contributed by atoms with Gasteiger partial charge in [-0.1, -0.05) is 23.4 Å². The van der Waals surface area contributed by atoms with Gasteiger partial charge in [0.05, 0.1) is 18.8 Å². The first-order chi connectivity index (χ1) is 14.5. The summed E-state index contributed by atoms with van der Waals surface area (Å²) >= 11 is 0. The quantitative estimate of drug-likeness (QED) is 0.784. The number of carbonyl (C=O) groups excluding carboxylic acids is 1. The predicted octanol–water partition coefficient (Wildman–Crippen LogP) is 3.67. The van der Waals surface area contributed by atoms with Crippen LogP contribution in [0, 0.1) is 5.82 Å². The fraction of sp³-hybridized carbons (Fsp3) is 0.364. The van der Waals surface area contributed by atoms with Crippen LogP contribution in [0.25, 0.3) is 0 Å². The zero-order valence-corrected chi connectivity index (χ0v) is 16.9. The molecule has 30 heavy (non-hydrogen) atoms. The van der Waals surface area contributed by atoms with Crippen molar-refractivity contribution < 1.29 is 23.5 Å². The molecule has 0 spiro atoms. The van der Waals surface area contributed by atoms with E-state index in [2.05, 4.69) is 10.5 Å². The predicted molar refractivity (Wildman–Crippen MR) is 109 cm³/mol. The number of amides is 2. The molecule has 158 valence electrons. The highest BCUT2D eigenvalue weighted by molar-refractivity contribution is 6.01. The maximum absolute atomic E-state index is 14.1. The van der Waals surface area contributed by atoms with E-state index in [4.69, 9.17) is 14.3 Å². The average Bonchev–Trinajstić information content (AvgIpc) is 3.37. The van der Waals surface area contributed by atoms with Gasteiger partial charge >= 0.3 is 6.03 Å². The molecule has 4 rings (SSSR count). The average molecular weight is 413 g/mol. The molecule has 1 unspecified atom stereocenters. The van der Waals surface area contributed by atoms with Crippen LogP contribution in [0.2, 0.25) is 0 Å². The van der Waals surface area contributed by atoms with Crippen molar-refractivity contribution in [3.63, 3.8) is 0 Å². The molecule has 2 amide bonds. The molecule has 0 saturated heterocycles. The largest absolute Gasteiger partial charge is 0.454 e. The van der Waals surface area contributed by atoms with Gasteiger partial charge in [0.15, 0.2) is 17.6 Å². The summed E-state index contributed by atoms with van der Waals surface area (Å²) in [5, 5.41) is 7.07. The van der Waals surface area contributed by atoms with Gasteiger partial charge in [0.2, 0.25) is 6.79 Å². The van der Waals surface area contributed by atoms with E-state index in [1.165, 1.54) is 6.07 Å². The number of fused-ring (bicyclic) bond motifs is 1. The summed E-state index contributed by atoms with van der Waals surface area (Å²) < 4.78 is 24.9. The number of ether oxygens (including phenoxy) is 2. The number of rotatable bonds is 6. The topological polar surface area (TPSA) is 72.4 Å². The normalized spacial score (nSPS) is 16.9. The summed E-state index contributed by atoms with van der Waals surface area (Å²) in [6.07, 6.45) is 0.206. The summed E-state index contributed by atoms with van der Waals surface area (Å²) in [5.74, 6) is 1.04. The standard InChI is InChI=1S/C22H24FN3O4/c1-14(2)24-22(27)26(11-16-5-3-4-6-18(16)23)12-17-10-19(25-30-17)15-7-8-20-21(9-15)29-13-28-20/h3-9,14,17H,10-13H2,1-2H3,(H,24,27). The minimum absolute atomic E-state index is 0.0365. The van der Waals surface area contributed by atoms with E-state index in [9.17, 15) is 9.18 Å². The Balaban J connectivity index is 1.44. The fourth-order valence-corrected chi connectivity index (χ4v) is 3.41. The maximum atomic E-state index is 14.1.